The van der Waals surface area contributed by atoms with Gasteiger partial charge in [0.25, 0.3) is 0 Å². The smallest absolute Gasteiger partial charge is 0.244 e. The van der Waals surface area contributed by atoms with E-state index in [1.807, 2.05) is 101 Å². The Morgan fingerprint density at radius 2 is 1.55 bits per heavy atom. The maximum Gasteiger partial charge on any atom is 0.244 e. The van der Waals surface area contributed by atoms with E-state index in [0.29, 0.717) is 12.1 Å². The highest BCUT2D eigenvalue weighted by Crippen LogP contribution is 2.25. The Labute approximate surface area is 239 Å². The van der Waals surface area contributed by atoms with E-state index in [1.54, 1.807) is 6.07 Å². The van der Waals surface area contributed by atoms with Gasteiger partial charge in [-0.1, -0.05) is 79.2 Å². The van der Waals surface area contributed by atoms with Crippen molar-refractivity contribution in [1.82, 2.24) is 10.2 Å². The lowest BCUT2D eigenvalue weighted by Crippen LogP contribution is -2.54. The van der Waals surface area contributed by atoms with E-state index in [1.165, 1.54) is 4.90 Å². The summed E-state index contributed by atoms with van der Waals surface area (Å²) in [6.07, 6.45) is 2.13. The first kappa shape index (κ1) is 30.9. The molecule has 3 aromatic rings. The zero-order chi connectivity index (χ0) is 29.4. The molecule has 0 spiro atoms. The van der Waals surface area contributed by atoms with Crippen LogP contribution in [0.1, 0.15) is 48.1 Å². The first-order valence-corrected chi connectivity index (χ1v) is 15.5. The number of sulfonamides is 1. The quantitative estimate of drug-likeness (QED) is 0.339. The summed E-state index contributed by atoms with van der Waals surface area (Å²) in [5.74, 6) is -0.716. The van der Waals surface area contributed by atoms with Crippen LogP contribution >= 0.6 is 0 Å². The normalized spacial score (nSPS) is 12.8. The van der Waals surface area contributed by atoms with E-state index in [4.69, 9.17) is 0 Å². The van der Waals surface area contributed by atoms with Gasteiger partial charge in [0.2, 0.25) is 21.8 Å². The summed E-state index contributed by atoms with van der Waals surface area (Å²) in [7, 11) is -3.81. The molecule has 8 heteroatoms. The Kier molecular flexibility index (Phi) is 10.5. The lowest BCUT2D eigenvalue weighted by molar-refractivity contribution is -0.140. The molecule has 0 fully saturated rings. The molecular formula is C32H41N3O4S. The van der Waals surface area contributed by atoms with Crippen molar-refractivity contribution in [3.63, 3.8) is 0 Å². The standard InChI is InChI=1S/C32H41N3O4S/c1-7-26(5)33-32(37)30(20-27-14-9-8-10-15-27)34(21-28-16-12-11-13-24(28)3)31(36)22-35(40(6,38)39)29-18-17-23(2)19-25(29)4/h8-19,26,30H,7,20-22H2,1-6H3,(H,33,37)/t26-,30+/m1/s1. The molecule has 0 aliphatic heterocycles. The van der Waals surface area contributed by atoms with Crippen LogP contribution in [0.25, 0.3) is 0 Å². The minimum atomic E-state index is -3.81. The minimum Gasteiger partial charge on any atom is -0.352 e. The third-order valence-corrected chi connectivity index (χ3v) is 8.30. The second-order valence-corrected chi connectivity index (χ2v) is 12.4. The lowest BCUT2D eigenvalue weighted by atomic mass is 10.0. The Morgan fingerprint density at radius 1 is 0.900 bits per heavy atom. The number of amides is 2. The number of nitrogens with zero attached hydrogens (tertiary/aromatic N) is 2. The number of nitrogens with one attached hydrogen (secondary N) is 1. The summed E-state index contributed by atoms with van der Waals surface area (Å²) in [6.45, 7) is 9.38. The summed E-state index contributed by atoms with van der Waals surface area (Å²) in [5, 5.41) is 3.05. The minimum absolute atomic E-state index is 0.0797. The van der Waals surface area contributed by atoms with Gasteiger partial charge in [0.05, 0.1) is 11.9 Å². The van der Waals surface area contributed by atoms with Crippen LogP contribution in [0.2, 0.25) is 0 Å². The summed E-state index contributed by atoms with van der Waals surface area (Å²) >= 11 is 0. The summed E-state index contributed by atoms with van der Waals surface area (Å²) in [4.78, 5) is 29.5. The van der Waals surface area contributed by atoms with Gasteiger partial charge in [-0.3, -0.25) is 13.9 Å². The first-order chi connectivity index (χ1) is 18.9. The Hall–Kier alpha value is -3.65. The van der Waals surface area contributed by atoms with E-state index in [-0.39, 0.29) is 18.5 Å². The third kappa shape index (κ3) is 8.18. The molecular weight excluding hydrogens is 522 g/mol. The predicted molar refractivity (Wildman–Crippen MR) is 162 cm³/mol. The number of aryl methyl sites for hydroxylation is 3. The second-order valence-electron chi connectivity index (χ2n) is 10.5. The molecule has 0 heterocycles. The number of hydrogen-bond acceptors (Lipinski definition) is 4. The first-order valence-electron chi connectivity index (χ1n) is 13.6. The van der Waals surface area contributed by atoms with E-state index in [9.17, 15) is 18.0 Å². The van der Waals surface area contributed by atoms with Crippen LogP contribution in [0, 0.1) is 20.8 Å². The highest BCUT2D eigenvalue weighted by Gasteiger charge is 2.33. The van der Waals surface area contributed by atoms with Gasteiger partial charge in [-0.05, 0) is 62.4 Å². The molecule has 0 aliphatic carbocycles. The van der Waals surface area contributed by atoms with Crippen LogP contribution in [-0.2, 0) is 32.6 Å². The number of carbonyl (C=O) groups excluding carboxylic acids is 2. The van der Waals surface area contributed by atoms with Crippen LogP contribution in [0.3, 0.4) is 0 Å². The molecule has 2 atom stereocenters. The Bertz CT molecular complexity index is 1420. The van der Waals surface area contributed by atoms with Crippen LogP contribution in [0.4, 0.5) is 5.69 Å². The van der Waals surface area contributed by atoms with E-state index in [0.717, 1.165) is 44.8 Å². The van der Waals surface area contributed by atoms with Gasteiger partial charge in [-0.25, -0.2) is 8.42 Å². The molecule has 0 aliphatic rings. The maximum absolute atomic E-state index is 14.2. The fraction of sp³-hybridized carbons (Fsp3) is 0.375. The molecule has 1 N–H and O–H groups in total. The molecule has 3 rings (SSSR count). The van der Waals surface area contributed by atoms with E-state index < -0.39 is 28.5 Å². The number of rotatable bonds is 12. The van der Waals surface area contributed by atoms with Crippen molar-refractivity contribution in [2.75, 3.05) is 17.1 Å². The molecule has 0 saturated heterocycles. The Balaban J connectivity index is 2.09. The van der Waals surface area contributed by atoms with Crippen LogP contribution in [-0.4, -0.2) is 50.0 Å². The zero-order valence-corrected chi connectivity index (χ0v) is 25.2. The van der Waals surface area contributed by atoms with Crippen LogP contribution in [0.5, 0.6) is 0 Å². The van der Waals surface area contributed by atoms with E-state index >= 15 is 0 Å². The van der Waals surface area contributed by atoms with Crippen molar-refractivity contribution >= 4 is 27.5 Å². The predicted octanol–water partition coefficient (Wildman–Crippen LogP) is 4.93. The average molecular weight is 564 g/mol. The third-order valence-electron chi connectivity index (χ3n) is 7.17. The van der Waals surface area contributed by atoms with Gasteiger partial charge < -0.3 is 10.2 Å². The van der Waals surface area contributed by atoms with Gasteiger partial charge in [0.15, 0.2) is 0 Å². The highest BCUT2D eigenvalue weighted by molar-refractivity contribution is 7.92. The molecule has 7 nitrogen and oxygen atoms in total. The number of anilines is 1. The number of hydrogen-bond donors (Lipinski definition) is 1. The van der Waals surface area contributed by atoms with Crippen molar-refractivity contribution in [3.8, 4) is 0 Å². The second kappa shape index (κ2) is 13.6. The average Bonchev–Trinajstić information content (AvgIpc) is 2.90. The van der Waals surface area contributed by atoms with Gasteiger partial charge in [-0.2, -0.15) is 0 Å². The fourth-order valence-corrected chi connectivity index (χ4v) is 5.55. The van der Waals surface area contributed by atoms with Gasteiger partial charge in [0, 0.05) is 19.0 Å². The molecule has 214 valence electrons. The van der Waals surface area contributed by atoms with Crippen molar-refractivity contribution < 1.29 is 18.0 Å². The van der Waals surface area contributed by atoms with Crippen molar-refractivity contribution in [3.05, 3.63) is 101 Å². The monoisotopic (exact) mass is 563 g/mol. The maximum atomic E-state index is 14.2. The zero-order valence-electron chi connectivity index (χ0n) is 24.3. The van der Waals surface area contributed by atoms with Crippen LogP contribution in [0.15, 0.2) is 72.8 Å². The lowest BCUT2D eigenvalue weighted by Gasteiger charge is -2.34. The van der Waals surface area contributed by atoms with Crippen molar-refractivity contribution in [2.24, 2.45) is 0 Å². The molecule has 0 unspecified atom stereocenters. The Morgan fingerprint density at radius 3 is 2.15 bits per heavy atom. The largest absolute Gasteiger partial charge is 0.352 e. The summed E-state index contributed by atoms with van der Waals surface area (Å²) in [5.41, 5.74) is 4.97. The molecule has 2 amide bonds. The van der Waals surface area contributed by atoms with Crippen LogP contribution < -0.4 is 9.62 Å². The topological polar surface area (TPSA) is 86.8 Å². The molecule has 40 heavy (non-hydrogen) atoms. The van der Waals surface area contributed by atoms with Gasteiger partial charge >= 0.3 is 0 Å². The van der Waals surface area contributed by atoms with Crippen molar-refractivity contribution in [1.29, 1.82) is 0 Å². The molecule has 0 radical (unpaired) electrons. The summed E-state index contributed by atoms with van der Waals surface area (Å²) < 4.78 is 27.1. The van der Waals surface area contributed by atoms with Crippen molar-refractivity contribution in [2.45, 2.75) is 66.1 Å². The molecule has 0 bridgehead atoms. The SMILES string of the molecule is CC[C@@H](C)NC(=O)[C@H](Cc1ccccc1)N(Cc1ccccc1C)C(=O)CN(c1ccc(C)cc1C)S(C)(=O)=O. The molecule has 0 aromatic heterocycles. The number of carbonyl (C=O) groups is 2. The van der Waals surface area contributed by atoms with Gasteiger partial charge in [-0.15, -0.1) is 0 Å². The number of benzene rings is 3. The molecule has 0 saturated carbocycles. The summed E-state index contributed by atoms with van der Waals surface area (Å²) in [6, 6.07) is 21.8. The van der Waals surface area contributed by atoms with E-state index in [2.05, 4.69) is 5.32 Å². The fourth-order valence-electron chi connectivity index (χ4n) is 4.65. The molecule has 3 aromatic carbocycles. The van der Waals surface area contributed by atoms with Gasteiger partial charge in [0.1, 0.15) is 12.6 Å². The highest BCUT2D eigenvalue weighted by atomic mass is 32.2.